The third kappa shape index (κ3) is 3.78. The van der Waals surface area contributed by atoms with Crippen molar-refractivity contribution in [3.05, 3.63) is 35.4 Å². The molecule has 2 amide bonds. The van der Waals surface area contributed by atoms with Crippen LogP contribution in [0.2, 0.25) is 0 Å². The monoisotopic (exact) mass is 355 g/mol. The first-order valence-corrected chi connectivity index (χ1v) is 9.91. The van der Waals surface area contributed by atoms with Gasteiger partial charge in [-0.25, -0.2) is 0 Å². The molecule has 1 unspecified atom stereocenters. The molecule has 1 N–H and O–H groups in total. The third-order valence-corrected chi connectivity index (χ3v) is 6.02. The molecular formula is C21H29N3O2. The number of carbonyl (C=O) groups is 2. The van der Waals surface area contributed by atoms with E-state index in [0.29, 0.717) is 19.1 Å². The first-order chi connectivity index (χ1) is 12.5. The number of benzene rings is 1. The standard InChI is InChI=1S/C21H29N3O2/c1-16-4-2-5-17(12-16)13-24-10-3-8-21(20(24)26)9-11-23(15-21)14-19(25)22-18-6-7-18/h2,4-5,12,18H,3,6-11,13-15H2,1H3,(H,22,25). The maximum Gasteiger partial charge on any atom is 0.234 e. The van der Waals surface area contributed by atoms with E-state index in [1.165, 1.54) is 11.1 Å². The minimum absolute atomic E-state index is 0.115. The molecule has 1 spiro atoms. The lowest BCUT2D eigenvalue weighted by molar-refractivity contribution is -0.146. The van der Waals surface area contributed by atoms with Gasteiger partial charge in [0, 0.05) is 25.7 Å². The zero-order valence-corrected chi connectivity index (χ0v) is 15.7. The van der Waals surface area contributed by atoms with E-state index in [1.54, 1.807) is 0 Å². The van der Waals surface area contributed by atoms with Crippen LogP contribution >= 0.6 is 0 Å². The van der Waals surface area contributed by atoms with Crippen LogP contribution in [0.1, 0.15) is 43.2 Å². The van der Waals surface area contributed by atoms with Crippen molar-refractivity contribution in [3.63, 3.8) is 0 Å². The number of likely N-dealkylation sites (tertiary alicyclic amines) is 2. The summed E-state index contributed by atoms with van der Waals surface area (Å²) >= 11 is 0. The molecule has 2 saturated heterocycles. The van der Waals surface area contributed by atoms with Crippen molar-refractivity contribution in [1.29, 1.82) is 0 Å². The summed E-state index contributed by atoms with van der Waals surface area (Å²) in [5.41, 5.74) is 2.16. The molecule has 0 aromatic heterocycles. The van der Waals surface area contributed by atoms with Gasteiger partial charge in [0.05, 0.1) is 12.0 Å². The normalized spacial score (nSPS) is 26.5. The second-order valence-electron chi connectivity index (χ2n) is 8.40. The number of nitrogens with one attached hydrogen (secondary N) is 1. The Bertz CT molecular complexity index is 700. The van der Waals surface area contributed by atoms with E-state index in [-0.39, 0.29) is 17.2 Å². The van der Waals surface area contributed by atoms with Gasteiger partial charge in [-0.1, -0.05) is 29.8 Å². The van der Waals surface area contributed by atoms with E-state index in [2.05, 4.69) is 41.4 Å². The molecule has 2 heterocycles. The number of nitrogens with zero attached hydrogens (tertiary/aromatic N) is 2. The highest BCUT2D eigenvalue weighted by atomic mass is 16.2. The minimum Gasteiger partial charge on any atom is -0.352 e. The molecule has 26 heavy (non-hydrogen) atoms. The quantitative estimate of drug-likeness (QED) is 0.880. The molecule has 5 heteroatoms. The Morgan fingerprint density at radius 2 is 2.12 bits per heavy atom. The highest BCUT2D eigenvalue weighted by Crippen LogP contribution is 2.40. The number of hydrogen-bond donors (Lipinski definition) is 1. The van der Waals surface area contributed by atoms with Crippen LogP contribution in [0.5, 0.6) is 0 Å². The summed E-state index contributed by atoms with van der Waals surface area (Å²) in [6.45, 7) is 5.64. The topological polar surface area (TPSA) is 52.6 Å². The fourth-order valence-electron chi connectivity index (χ4n) is 4.51. The van der Waals surface area contributed by atoms with Crippen LogP contribution in [0.25, 0.3) is 0 Å². The van der Waals surface area contributed by atoms with Gasteiger partial charge in [-0.3, -0.25) is 14.5 Å². The lowest BCUT2D eigenvalue weighted by atomic mass is 9.78. The number of aryl methyl sites for hydroxylation is 1. The number of amides is 2. The second kappa shape index (κ2) is 7.03. The van der Waals surface area contributed by atoms with E-state index in [0.717, 1.165) is 51.7 Å². The number of hydrogen-bond acceptors (Lipinski definition) is 3. The van der Waals surface area contributed by atoms with Gasteiger partial charge in [0.15, 0.2) is 0 Å². The predicted molar refractivity (Wildman–Crippen MR) is 100 cm³/mol. The van der Waals surface area contributed by atoms with Gasteiger partial charge < -0.3 is 10.2 Å². The van der Waals surface area contributed by atoms with Gasteiger partial charge in [-0.15, -0.1) is 0 Å². The SMILES string of the molecule is Cc1cccc(CN2CCCC3(CCN(CC(=O)NC4CC4)C3)C2=O)c1. The molecule has 5 nitrogen and oxygen atoms in total. The maximum absolute atomic E-state index is 13.3. The number of piperidine rings is 1. The summed E-state index contributed by atoms with van der Waals surface area (Å²) in [4.78, 5) is 29.6. The fraction of sp³-hybridized carbons (Fsp3) is 0.619. The zero-order chi connectivity index (χ0) is 18.1. The molecule has 2 aliphatic heterocycles. The number of carbonyl (C=O) groups excluding carboxylic acids is 2. The van der Waals surface area contributed by atoms with E-state index in [1.807, 2.05) is 4.90 Å². The van der Waals surface area contributed by atoms with Crippen LogP contribution in [0, 0.1) is 12.3 Å². The first-order valence-electron chi connectivity index (χ1n) is 9.91. The molecule has 1 aromatic carbocycles. The van der Waals surface area contributed by atoms with Gasteiger partial charge in [0.1, 0.15) is 0 Å². The summed E-state index contributed by atoms with van der Waals surface area (Å²) in [7, 11) is 0. The molecule has 0 radical (unpaired) electrons. The summed E-state index contributed by atoms with van der Waals surface area (Å²) in [6.07, 6.45) is 5.12. The van der Waals surface area contributed by atoms with Crippen molar-refractivity contribution in [2.45, 2.75) is 51.6 Å². The Labute approximate surface area is 155 Å². The van der Waals surface area contributed by atoms with Crippen LogP contribution in [0.15, 0.2) is 24.3 Å². The average Bonchev–Trinajstić information content (AvgIpc) is 3.32. The van der Waals surface area contributed by atoms with Crippen molar-refractivity contribution in [2.24, 2.45) is 5.41 Å². The Morgan fingerprint density at radius 1 is 1.27 bits per heavy atom. The lowest BCUT2D eigenvalue weighted by Crippen LogP contribution is -2.50. The maximum atomic E-state index is 13.3. The van der Waals surface area contributed by atoms with E-state index >= 15 is 0 Å². The Kier molecular flexibility index (Phi) is 4.74. The van der Waals surface area contributed by atoms with Gasteiger partial charge >= 0.3 is 0 Å². The summed E-state index contributed by atoms with van der Waals surface area (Å²) in [6, 6.07) is 8.82. The van der Waals surface area contributed by atoms with Crippen molar-refractivity contribution >= 4 is 11.8 Å². The highest BCUT2D eigenvalue weighted by Gasteiger charge is 2.48. The minimum atomic E-state index is -0.276. The summed E-state index contributed by atoms with van der Waals surface area (Å²) in [5, 5.41) is 3.05. The van der Waals surface area contributed by atoms with Crippen molar-refractivity contribution in [3.8, 4) is 0 Å². The van der Waals surface area contributed by atoms with Crippen LogP contribution < -0.4 is 5.32 Å². The molecule has 1 aliphatic carbocycles. The van der Waals surface area contributed by atoms with Crippen LogP contribution in [-0.4, -0.2) is 53.8 Å². The fourth-order valence-corrected chi connectivity index (χ4v) is 4.51. The van der Waals surface area contributed by atoms with Crippen LogP contribution in [-0.2, 0) is 16.1 Å². The van der Waals surface area contributed by atoms with Crippen LogP contribution in [0.4, 0.5) is 0 Å². The van der Waals surface area contributed by atoms with Crippen molar-refractivity contribution in [1.82, 2.24) is 15.1 Å². The third-order valence-electron chi connectivity index (χ3n) is 6.02. The van der Waals surface area contributed by atoms with E-state index in [9.17, 15) is 9.59 Å². The molecule has 3 aliphatic rings. The molecular weight excluding hydrogens is 326 g/mol. The molecule has 140 valence electrons. The second-order valence-corrected chi connectivity index (χ2v) is 8.40. The highest BCUT2D eigenvalue weighted by molar-refractivity contribution is 5.84. The Hall–Kier alpha value is -1.88. The Balaban J connectivity index is 1.38. The van der Waals surface area contributed by atoms with E-state index < -0.39 is 0 Å². The van der Waals surface area contributed by atoms with Gasteiger partial charge in [-0.05, 0) is 51.1 Å². The van der Waals surface area contributed by atoms with Crippen molar-refractivity contribution < 1.29 is 9.59 Å². The van der Waals surface area contributed by atoms with Gasteiger partial charge in [0.2, 0.25) is 11.8 Å². The average molecular weight is 355 g/mol. The Morgan fingerprint density at radius 3 is 2.88 bits per heavy atom. The predicted octanol–water partition coefficient (Wildman–Crippen LogP) is 2.09. The lowest BCUT2D eigenvalue weighted by Gasteiger charge is -2.39. The van der Waals surface area contributed by atoms with Crippen molar-refractivity contribution in [2.75, 3.05) is 26.2 Å². The first kappa shape index (κ1) is 17.5. The van der Waals surface area contributed by atoms with Gasteiger partial charge in [0.25, 0.3) is 0 Å². The molecule has 0 bridgehead atoms. The summed E-state index contributed by atoms with van der Waals surface area (Å²) in [5.74, 6) is 0.403. The van der Waals surface area contributed by atoms with Crippen LogP contribution in [0.3, 0.4) is 0 Å². The number of rotatable bonds is 5. The largest absolute Gasteiger partial charge is 0.352 e. The smallest absolute Gasteiger partial charge is 0.234 e. The molecule has 4 rings (SSSR count). The van der Waals surface area contributed by atoms with Gasteiger partial charge in [-0.2, -0.15) is 0 Å². The summed E-state index contributed by atoms with van der Waals surface area (Å²) < 4.78 is 0. The van der Waals surface area contributed by atoms with E-state index in [4.69, 9.17) is 0 Å². The zero-order valence-electron chi connectivity index (χ0n) is 15.7. The molecule has 3 fully saturated rings. The molecule has 1 saturated carbocycles. The molecule has 1 atom stereocenters. The molecule has 1 aromatic rings.